The van der Waals surface area contributed by atoms with E-state index in [1.807, 2.05) is 0 Å². The Morgan fingerprint density at radius 1 is 1.39 bits per heavy atom. The van der Waals surface area contributed by atoms with E-state index in [-0.39, 0.29) is 11.7 Å². The van der Waals surface area contributed by atoms with Gasteiger partial charge >= 0.3 is 12.1 Å². The number of carboxylic acid groups (broad SMARTS) is 1. The fourth-order valence-electron chi connectivity index (χ4n) is 1.44. The van der Waals surface area contributed by atoms with E-state index in [0.717, 1.165) is 4.68 Å². The fraction of sp³-hybridized carbons (Fsp3) is 0.273. The first-order valence-electron chi connectivity index (χ1n) is 5.29. The normalized spacial score (nSPS) is 10.8. The molecule has 18 heavy (non-hydrogen) atoms. The second-order valence-corrected chi connectivity index (χ2v) is 3.94. The first kappa shape index (κ1) is 12.0. The zero-order valence-electron chi connectivity index (χ0n) is 9.82. The Hall–Kier alpha value is -2.44. The molecule has 94 valence electrons. The number of fused-ring (bicyclic) bond motifs is 1. The lowest BCUT2D eigenvalue weighted by molar-refractivity contribution is 0.0697. The van der Waals surface area contributed by atoms with Crippen LogP contribution in [-0.4, -0.2) is 38.3 Å². The van der Waals surface area contributed by atoms with Crippen LogP contribution in [0.15, 0.2) is 18.2 Å². The molecule has 0 aliphatic heterocycles. The highest BCUT2D eigenvalue weighted by molar-refractivity contribution is 5.93. The number of ether oxygens (including phenoxy) is 1. The third-order valence-electron chi connectivity index (χ3n) is 2.20. The van der Waals surface area contributed by atoms with Crippen LogP contribution in [0.1, 0.15) is 24.2 Å². The van der Waals surface area contributed by atoms with E-state index in [1.165, 1.54) is 18.2 Å². The molecule has 0 saturated carbocycles. The van der Waals surface area contributed by atoms with E-state index in [9.17, 15) is 9.59 Å². The van der Waals surface area contributed by atoms with Gasteiger partial charge in [-0.1, -0.05) is 5.21 Å². The van der Waals surface area contributed by atoms with Gasteiger partial charge in [-0.05, 0) is 32.0 Å². The van der Waals surface area contributed by atoms with Crippen LogP contribution in [0.25, 0.3) is 11.0 Å². The molecule has 7 nitrogen and oxygen atoms in total. The van der Waals surface area contributed by atoms with Gasteiger partial charge in [0.05, 0.1) is 11.7 Å². The first-order valence-corrected chi connectivity index (χ1v) is 5.29. The number of carboxylic acids is 1. The summed E-state index contributed by atoms with van der Waals surface area (Å²) in [6, 6.07) is 4.21. The Morgan fingerprint density at radius 2 is 2.11 bits per heavy atom. The maximum absolute atomic E-state index is 11.7. The van der Waals surface area contributed by atoms with Gasteiger partial charge in [0.1, 0.15) is 11.0 Å². The highest BCUT2D eigenvalue weighted by atomic mass is 16.6. The number of aromatic nitrogens is 3. The van der Waals surface area contributed by atoms with Gasteiger partial charge in [-0.2, -0.15) is 0 Å². The molecule has 0 aliphatic rings. The van der Waals surface area contributed by atoms with E-state index in [1.54, 1.807) is 13.8 Å². The molecule has 2 rings (SSSR count). The molecule has 0 spiro atoms. The number of benzene rings is 1. The lowest BCUT2D eigenvalue weighted by Crippen LogP contribution is -2.19. The summed E-state index contributed by atoms with van der Waals surface area (Å²) in [5.74, 6) is -1.06. The molecular formula is C11H11N3O4. The lowest BCUT2D eigenvalue weighted by atomic mass is 10.2. The molecule has 1 heterocycles. The molecule has 2 aromatic rings. The molecule has 1 N–H and O–H groups in total. The van der Waals surface area contributed by atoms with E-state index in [2.05, 4.69) is 10.3 Å². The van der Waals surface area contributed by atoms with Crippen molar-refractivity contribution in [3.05, 3.63) is 23.8 Å². The quantitative estimate of drug-likeness (QED) is 0.867. The van der Waals surface area contributed by atoms with Gasteiger partial charge in [0.2, 0.25) is 0 Å². The average molecular weight is 249 g/mol. The van der Waals surface area contributed by atoms with Gasteiger partial charge in [-0.15, -0.1) is 9.78 Å². The van der Waals surface area contributed by atoms with Gasteiger partial charge in [-0.3, -0.25) is 0 Å². The first-order chi connectivity index (χ1) is 8.49. The minimum Gasteiger partial charge on any atom is -0.478 e. The number of rotatable bonds is 2. The zero-order valence-corrected chi connectivity index (χ0v) is 9.82. The van der Waals surface area contributed by atoms with E-state index >= 15 is 0 Å². The topological polar surface area (TPSA) is 94.3 Å². The van der Waals surface area contributed by atoms with Crippen molar-refractivity contribution in [3.63, 3.8) is 0 Å². The van der Waals surface area contributed by atoms with Crippen LogP contribution in [-0.2, 0) is 4.74 Å². The summed E-state index contributed by atoms with van der Waals surface area (Å²) in [7, 11) is 0. The van der Waals surface area contributed by atoms with Crippen molar-refractivity contribution in [2.75, 3.05) is 0 Å². The minimum atomic E-state index is -1.06. The summed E-state index contributed by atoms with van der Waals surface area (Å²) in [6.45, 7) is 3.44. The molecule has 7 heteroatoms. The van der Waals surface area contributed by atoms with Crippen molar-refractivity contribution in [2.45, 2.75) is 20.0 Å². The van der Waals surface area contributed by atoms with Crippen LogP contribution >= 0.6 is 0 Å². The fourth-order valence-corrected chi connectivity index (χ4v) is 1.44. The zero-order chi connectivity index (χ0) is 13.3. The Kier molecular flexibility index (Phi) is 2.97. The summed E-state index contributed by atoms with van der Waals surface area (Å²) < 4.78 is 5.99. The predicted octanol–water partition coefficient (Wildman–Crippen LogP) is 1.52. The highest BCUT2D eigenvalue weighted by Crippen LogP contribution is 2.14. The van der Waals surface area contributed by atoms with Crippen LogP contribution in [0.3, 0.4) is 0 Å². The van der Waals surface area contributed by atoms with Crippen LogP contribution in [0, 0.1) is 0 Å². The van der Waals surface area contributed by atoms with Crippen molar-refractivity contribution in [3.8, 4) is 0 Å². The second kappa shape index (κ2) is 4.44. The summed E-state index contributed by atoms with van der Waals surface area (Å²) in [5.41, 5.74) is 0.827. The standard InChI is InChI=1S/C11H11N3O4/c1-6(2)18-11(17)14-9-4-3-7(10(15)16)5-8(9)12-13-14/h3-6H,1-2H3,(H,15,16). The third-order valence-corrected chi connectivity index (χ3v) is 2.20. The van der Waals surface area contributed by atoms with Gasteiger partial charge in [0.25, 0.3) is 0 Å². The van der Waals surface area contributed by atoms with Crippen LogP contribution in [0.5, 0.6) is 0 Å². The largest absolute Gasteiger partial charge is 0.478 e. The maximum atomic E-state index is 11.7. The molecule has 1 aromatic carbocycles. The second-order valence-electron chi connectivity index (χ2n) is 3.94. The monoisotopic (exact) mass is 249 g/mol. The number of carbonyl (C=O) groups is 2. The molecule has 0 atom stereocenters. The van der Waals surface area contributed by atoms with Crippen molar-refractivity contribution < 1.29 is 19.4 Å². The molecule has 0 bridgehead atoms. The molecule has 0 amide bonds. The molecule has 0 fully saturated rings. The number of hydrogen-bond donors (Lipinski definition) is 1. The number of hydrogen-bond acceptors (Lipinski definition) is 5. The van der Waals surface area contributed by atoms with Crippen LogP contribution in [0.2, 0.25) is 0 Å². The Morgan fingerprint density at radius 3 is 2.72 bits per heavy atom. The van der Waals surface area contributed by atoms with Crippen LogP contribution in [0.4, 0.5) is 4.79 Å². The molecule has 0 aliphatic carbocycles. The van der Waals surface area contributed by atoms with Crippen molar-refractivity contribution in [2.24, 2.45) is 0 Å². The number of nitrogens with zero attached hydrogens (tertiary/aromatic N) is 3. The number of aromatic carboxylic acids is 1. The average Bonchev–Trinajstić information content (AvgIpc) is 2.70. The highest BCUT2D eigenvalue weighted by Gasteiger charge is 2.15. The SMILES string of the molecule is CC(C)OC(=O)n1nnc2cc(C(=O)O)ccc21. The molecule has 0 saturated heterocycles. The van der Waals surface area contributed by atoms with Gasteiger partial charge < -0.3 is 9.84 Å². The Bertz CT molecular complexity index is 618. The van der Waals surface area contributed by atoms with E-state index < -0.39 is 12.1 Å². The summed E-state index contributed by atoms with van der Waals surface area (Å²) in [4.78, 5) is 22.5. The molecule has 0 radical (unpaired) electrons. The Balaban J connectivity index is 2.43. The van der Waals surface area contributed by atoms with Crippen molar-refractivity contribution in [1.29, 1.82) is 0 Å². The number of carbonyl (C=O) groups excluding carboxylic acids is 1. The van der Waals surface area contributed by atoms with E-state index in [0.29, 0.717) is 11.0 Å². The Labute approximate surface area is 102 Å². The summed E-state index contributed by atoms with van der Waals surface area (Å²) >= 11 is 0. The van der Waals surface area contributed by atoms with Gasteiger partial charge in [0, 0.05) is 0 Å². The van der Waals surface area contributed by atoms with Gasteiger partial charge in [-0.25, -0.2) is 9.59 Å². The van der Waals surface area contributed by atoms with Crippen molar-refractivity contribution >= 4 is 23.1 Å². The van der Waals surface area contributed by atoms with E-state index in [4.69, 9.17) is 9.84 Å². The lowest BCUT2D eigenvalue weighted by Gasteiger charge is -2.06. The third kappa shape index (κ3) is 2.15. The summed E-state index contributed by atoms with van der Waals surface area (Å²) in [6.07, 6.45) is -0.911. The minimum absolute atomic E-state index is 0.0896. The molecule has 1 aromatic heterocycles. The maximum Gasteiger partial charge on any atom is 0.436 e. The predicted molar refractivity (Wildman–Crippen MR) is 61.5 cm³/mol. The molecule has 0 unspecified atom stereocenters. The van der Waals surface area contributed by atoms with Crippen molar-refractivity contribution in [1.82, 2.24) is 15.0 Å². The summed E-state index contributed by atoms with van der Waals surface area (Å²) in [5, 5.41) is 16.2. The van der Waals surface area contributed by atoms with Crippen LogP contribution < -0.4 is 0 Å². The smallest absolute Gasteiger partial charge is 0.436 e. The van der Waals surface area contributed by atoms with Gasteiger partial charge in [0.15, 0.2) is 0 Å². The molecular weight excluding hydrogens is 238 g/mol.